The van der Waals surface area contributed by atoms with Crippen molar-refractivity contribution in [3.63, 3.8) is 0 Å². The Morgan fingerprint density at radius 1 is 1.16 bits per heavy atom. The van der Waals surface area contributed by atoms with Crippen LogP contribution in [0.5, 0.6) is 5.75 Å². The van der Waals surface area contributed by atoms with Crippen molar-refractivity contribution in [3.05, 3.63) is 52.5 Å². The van der Waals surface area contributed by atoms with Crippen molar-refractivity contribution in [1.82, 2.24) is 0 Å². The molecule has 0 spiro atoms. The number of sulfonamides is 1. The zero-order valence-corrected chi connectivity index (χ0v) is 15.8. The lowest BCUT2D eigenvalue weighted by atomic mass is 10.3. The van der Waals surface area contributed by atoms with Gasteiger partial charge in [0.15, 0.2) is 0 Å². The van der Waals surface area contributed by atoms with Crippen LogP contribution in [0.2, 0.25) is 10.0 Å². The van der Waals surface area contributed by atoms with Gasteiger partial charge in [0.05, 0.1) is 29.1 Å². The number of amides is 1. The van der Waals surface area contributed by atoms with Crippen molar-refractivity contribution in [3.8, 4) is 5.75 Å². The van der Waals surface area contributed by atoms with Gasteiger partial charge in [-0.05, 0) is 30.3 Å². The van der Waals surface area contributed by atoms with E-state index in [1.807, 2.05) is 0 Å². The Hall–Kier alpha value is -1.96. The fourth-order valence-corrected chi connectivity index (χ4v) is 3.21. The second kappa shape index (κ2) is 7.95. The Morgan fingerprint density at radius 3 is 2.48 bits per heavy atom. The molecule has 134 valence electrons. The molecule has 2 aromatic carbocycles. The molecular formula is C16H16Cl2N2O4S. The van der Waals surface area contributed by atoms with Crippen LogP contribution < -0.4 is 14.4 Å². The fraction of sp³-hybridized carbons (Fsp3) is 0.188. The molecule has 0 unspecified atom stereocenters. The van der Waals surface area contributed by atoms with Crippen molar-refractivity contribution < 1.29 is 17.9 Å². The zero-order valence-electron chi connectivity index (χ0n) is 13.5. The number of benzene rings is 2. The minimum Gasteiger partial charge on any atom is -0.497 e. The van der Waals surface area contributed by atoms with E-state index in [0.717, 1.165) is 10.6 Å². The van der Waals surface area contributed by atoms with Gasteiger partial charge < -0.3 is 10.1 Å². The highest BCUT2D eigenvalue weighted by atomic mass is 35.5. The minimum absolute atomic E-state index is 0.195. The van der Waals surface area contributed by atoms with Crippen LogP contribution in [0, 0.1) is 0 Å². The molecule has 0 aliphatic rings. The molecular weight excluding hydrogens is 387 g/mol. The molecule has 25 heavy (non-hydrogen) atoms. The number of carbonyl (C=O) groups excluding carboxylic acids is 1. The molecule has 0 heterocycles. The molecule has 0 saturated heterocycles. The SMILES string of the molecule is COc1cccc(NC(=O)CN(c2ccc(Cl)c(Cl)c2)S(C)(=O)=O)c1. The molecule has 0 aliphatic carbocycles. The summed E-state index contributed by atoms with van der Waals surface area (Å²) < 4.78 is 30.2. The molecule has 6 nitrogen and oxygen atoms in total. The van der Waals surface area contributed by atoms with Crippen molar-refractivity contribution in [1.29, 1.82) is 0 Å². The largest absolute Gasteiger partial charge is 0.497 e. The van der Waals surface area contributed by atoms with Crippen LogP contribution in [-0.4, -0.2) is 34.2 Å². The van der Waals surface area contributed by atoms with Gasteiger partial charge in [-0.25, -0.2) is 8.42 Å². The summed E-state index contributed by atoms with van der Waals surface area (Å²) in [7, 11) is -2.19. The standard InChI is InChI=1S/C16H16Cl2N2O4S/c1-24-13-5-3-4-11(8-13)19-16(21)10-20(25(2,22)23)12-6-7-14(17)15(18)9-12/h3-9H,10H2,1-2H3,(H,19,21). The molecule has 0 atom stereocenters. The van der Waals surface area contributed by atoms with Crippen LogP contribution in [0.3, 0.4) is 0 Å². The molecule has 9 heteroatoms. The van der Waals surface area contributed by atoms with Gasteiger partial charge >= 0.3 is 0 Å². The molecule has 1 amide bonds. The topological polar surface area (TPSA) is 75.7 Å². The number of hydrogen-bond donors (Lipinski definition) is 1. The number of hydrogen-bond acceptors (Lipinski definition) is 4. The first-order chi connectivity index (χ1) is 11.7. The lowest BCUT2D eigenvalue weighted by molar-refractivity contribution is -0.114. The Labute approximate surface area is 156 Å². The monoisotopic (exact) mass is 402 g/mol. The predicted molar refractivity (Wildman–Crippen MR) is 100 cm³/mol. The molecule has 0 aromatic heterocycles. The highest BCUT2D eigenvalue weighted by Gasteiger charge is 2.21. The molecule has 1 N–H and O–H groups in total. The van der Waals surface area contributed by atoms with E-state index in [1.165, 1.54) is 25.3 Å². The van der Waals surface area contributed by atoms with Crippen LogP contribution in [0.4, 0.5) is 11.4 Å². The van der Waals surface area contributed by atoms with Gasteiger partial charge in [0, 0.05) is 11.8 Å². The second-order valence-electron chi connectivity index (χ2n) is 5.15. The quantitative estimate of drug-likeness (QED) is 0.802. The van der Waals surface area contributed by atoms with E-state index in [0.29, 0.717) is 16.5 Å². The van der Waals surface area contributed by atoms with Crippen molar-refractivity contribution in [2.75, 3.05) is 29.5 Å². The van der Waals surface area contributed by atoms with E-state index in [1.54, 1.807) is 24.3 Å². The molecule has 2 rings (SSSR count). The highest BCUT2D eigenvalue weighted by Crippen LogP contribution is 2.28. The summed E-state index contributed by atoms with van der Waals surface area (Å²) in [5, 5.41) is 3.12. The number of halogens is 2. The molecule has 0 aliphatic heterocycles. The van der Waals surface area contributed by atoms with Crippen LogP contribution in [0.25, 0.3) is 0 Å². The normalized spacial score (nSPS) is 11.0. The summed E-state index contributed by atoms with van der Waals surface area (Å²) in [4.78, 5) is 12.3. The summed E-state index contributed by atoms with van der Waals surface area (Å²) in [5.41, 5.74) is 0.740. The van der Waals surface area contributed by atoms with Crippen LogP contribution in [0.15, 0.2) is 42.5 Å². The molecule has 0 bridgehead atoms. The van der Waals surface area contributed by atoms with Gasteiger partial charge in [0.1, 0.15) is 12.3 Å². The van der Waals surface area contributed by atoms with E-state index < -0.39 is 22.5 Å². The summed E-state index contributed by atoms with van der Waals surface area (Å²) in [5.74, 6) is 0.0620. The average molecular weight is 403 g/mol. The van der Waals surface area contributed by atoms with Crippen LogP contribution in [0.1, 0.15) is 0 Å². The number of methoxy groups -OCH3 is 1. The highest BCUT2D eigenvalue weighted by molar-refractivity contribution is 7.92. The number of nitrogens with one attached hydrogen (secondary N) is 1. The minimum atomic E-state index is -3.70. The van der Waals surface area contributed by atoms with Crippen molar-refractivity contribution in [2.45, 2.75) is 0 Å². The van der Waals surface area contributed by atoms with Crippen molar-refractivity contribution in [2.24, 2.45) is 0 Å². The Balaban J connectivity index is 2.22. The lowest BCUT2D eigenvalue weighted by Crippen LogP contribution is -2.37. The Morgan fingerprint density at radius 2 is 1.88 bits per heavy atom. The third-order valence-electron chi connectivity index (χ3n) is 3.23. The zero-order chi connectivity index (χ0) is 18.6. The fourth-order valence-electron chi connectivity index (χ4n) is 2.07. The lowest BCUT2D eigenvalue weighted by Gasteiger charge is -2.22. The molecule has 0 fully saturated rings. The van der Waals surface area contributed by atoms with Gasteiger partial charge in [0.25, 0.3) is 0 Å². The van der Waals surface area contributed by atoms with Crippen molar-refractivity contribution >= 4 is 50.5 Å². The maximum absolute atomic E-state index is 12.3. The number of carbonyl (C=O) groups is 1. The molecule has 0 saturated carbocycles. The van der Waals surface area contributed by atoms with E-state index in [4.69, 9.17) is 27.9 Å². The van der Waals surface area contributed by atoms with Crippen LogP contribution >= 0.6 is 23.2 Å². The van der Waals surface area contributed by atoms with Gasteiger partial charge in [-0.15, -0.1) is 0 Å². The van der Waals surface area contributed by atoms with E-state index in [2.05, 4.69) is 5.32 Å². The maximum Gasteiger partial charge on any atom is 0.245 e. The average Bonchev–Trinajstić information content (AvgIpc) is 2.54. The summed E-state index contributed by atoms with van der Waals surface area (Å²) in [6.45, 7) is -0.409. The van der Waals surface area contributed by atoms with E-state index in [-0.39, 0.29) is 10.7 Å². The van der Waals surface area contributed by atoms with Crippen LogP contribution in [-0.2, 0) is 14.8 Å². The smallest absolute Gasteiger partial charge is 0.245 e. The first-order valence-electron chi connectivity index (χ1n) is 7.07. The number of nitrogens with zero attached hydrogens (tertiary/aromatic N) is 1. The molecule has 2 aromatic rings. The van der Waals surface area contributed by atoms with Gasteiger partial charge in [-0.1, -0.05) is 29.3 Å². The van der Waals surface area contributed by atoms with E-state index in [9.17, 15) is 13.2 Å². The summed E-state index contributed by atoms with van der Waals surface area (Å²) in [6.07, 6.45) is 1.01. The van der Waals surface area contributed by atoms with E-state index >= 15 is 0 Å². The second-order valence-corrected chi connectivity index (χ2v) is 7.87. The number of rotatable bonds is 6. The van der Waals surface area contributed by atoms with Gasteiger partial charge in [-0.2, -0.15) is 0 Å². The maximum atomic E-state index is 12.3. The summed E-state index contributed by atoms with van der Waals surface area (Å²) >= 11 is 11.8. The first kappa shape index (κ1) is 19.4. The third-order valence-corrected chi connectivity index (χ3v) is 5.11. The first-order valence-corrected chi connectivity index (χ1v) is 9.68. The van der Waals surface area contributed by atoms with Gasteiger partial charge in [0.2, 0.25) is 15.9 Å². The Bertz CT molecular complexity index is 887. The summed E-state index contributed by atoms with van der Waals surface area (Å²) in [6, 6.07) is 11.1. The van der Waals surface area contributed by atoms with Gasteiger partial charge in [-0.3, -0.25) is 9.10 Å². The number of anilines is 2. The Kier molecular flexibility index (Phi) is 6.16. The molecule has 0 radical (unpaired) electrons. The third kappa shape index (κ3) is 5.26. The predicted octanol–water partition coefficient (Wildman–Crippen LogP) is 3.41. The number of ether oxygens (including phenoxy) is 1.